The molecule has 1 aliphatic rings. The molecule has 2 unspecified atom stereocenters. The van der Waals surface area contributed by atoms with Crippen LogP contribution in [-0.2, 0) is 4.79 Å². The molecule has 7 heteroatoms. The summed E-state index contributed by atoms with van der Waals surface area (Å²) >= 11 is 0. The van der Waals surface area contributed by atoms with Gasteiger partial charge in [0.05, 0.1) is 12.6 Å². The second-order valence-electron chi connectivity index (χ2n) is 7.43. The van der Waals surface area contributed by atoms with E-state index in [0.717, 1.165) is 32.0 Å². The maximum absolute atomic E-state index is 11.9. The van der Waals surface area contributed by atoms with Crippen LogP contribution < -0.4 is 10.6 Å². The van der Waals surface area contributed by atoms with Crippen LogP contribution >= 0.6 is 24.0 Å². The average Bonchev–Trinajstić information content (AvgIpc) is 3.11. The lowest BCUT2D eigenvalue weighted by atomic mass is 10.0. The van der Waals surface area contributed by atoms with E-state index in [0.29, 0.717) is 13.0 Å². The molecule has 1 fully saturated rings. The zero-order chi connectivity index (χ0) is 19.8. The summed E-state index contributed by atoms with van der Waals surface area (Å²) in [4.78, 5) is 20.9. The second kappa shape index (κ2) is 12.3. The van der Waals surface area contributed by atoms with E-state index in [4.69, 9.17) is 4.99 Å². The van der Waals surface area contributed by atoms with E-state index in [2.05, 4.69) is 67.7 Å². The number of rotatable bonds is 7. The maximum atomic E-state index is 11.9. The van der Waals surface area contributed by atoms with Crippen LogP contribution in [0.4, 0.5) is 0 Å². The first kappa shape index (κ1) is 24.7. The fraction of sp³-hybridized carbons (Fsp3) is 0.619. The number of halogens is 1. The number of nitrogens with zero attached hydrogens (tertiary/aromatic N) is 3. The van der Waals surface area contributed by atoms with Crippen LogP contribution in [0.5, 0.6) is 0 Å². The van der Waals surface area contributed by atoms with E-state index < -0.39 is 0 Å². The Balaban J connectivity index is 0.00000392. The van der Waals surface area contributed by atoms with Crippen molar-refractivity contribution in [1.29, 1.82) is 0 Å². The van der Waals surface area contributed by atoms with Gasteiger partial charge in [-0.1, -0.05) is 36.8 Å². The number of carbonyl (C=O) groups is 1. The van der Waals surface area contributed by atoms with Gasteiger partial charge in [0.2, 0.25) is 5.91 Å². The fourth-order valence-electron chi connectivity index (χ4n) is 3.37. The molecule has 0 bridgehead atoms. The van der Waals surface area contributed by atoms with Crippen molar-refractivity contribution in [3.63, 3.8) is 0 Å². The monoisotopic (exact) mass is 501 g/mol. The predicted octanol–water partition coefficient (Wildman–Crippen LogP) is 2.78. The van der Waals surface area contributed by atoms with E-state index in [1.807, 2.05) is 11.8 Å². The molecule has 1 aliphatic heterocycles. The first-order valence-electron chi connectivity index (χ1n) is 10.00. The summed E-state index contributed by atoms with van der Waals surface area (Å²) in [6, 6.07) is 9.15. The number of nitrogens with one attached hydrogen (secondary N) is 2. The summed E-state index contributed by atoms with van der Waals surface area (Å²) in [5.74, 6) is 1.06. The van der Waals surface area contributed by atoms with Gasteiger partial charge in [-0.25, -0.2) is 0 Å². The molecule has 1 aromatic carbocycles. The van der Waals surface area contributed by atoms with Gasteiger partial charge in [0.25, 0.3) is 0 Å². The molecule has 1 saturated heterocycles. The van der Waals surface area contributed by atoms with Gasteiger partial charge < -0.3 is 20.4 Å². The Morgan fingerprint density at radius 1 is 1.29 bits per heavy atom. The minimum atomic E-state index is 0. The molecule has 1 aromatic rings. The number of hydrogen-bond acceptors (Lipinski definition) is 3. The quantitative estimate of drug-likeness (QED) is 0.343. The Kier molecular flexibility index (Phi) is 10.8. The number of guanidine groups is 1. The van der Waals surface area contributed by atoms with Gasteiger partial charge in [-0.2, -0.15) is 0 Å². The van der Waals surface area contributed by atoms with Crippen molar-refractivity contribution in [1.82, 2.24) is 20.4 Å². The third kappa shape index (κ3) is 7.24. The summed E-state index contributed by atoms with van der Waals surface area (Å²) in [6.45, 7) is 9.17. The van der Waals surface area contributed by atoms with Crippen LogP contribution in [-0.4, -0.2) is 68.0 Å². The molecule has 2 N–H and O–H groups in total. The smallest absolute Gasteiger partial charge is 0.222 e. The van der Waals surface area contributed by atoms with Gasteiger partial charge >= 0.3 is 0 Å². The minimum Gasteiger partial charge on any atom is -0.357 e. The standard InChI is InChI=1S/C21H35N5O.HI/c1-6-20(27)26-13-12-18(15-26)24-21(22-7-2)23-14-19(25(4)5)17-10-8-16(3)9-11-17;/h8-11,18-19H,6-7,12-15H2,1-5H3,(H2,22,23,24);1H. The molecular formula is C21H36IN5O. The minimum absolute atomic E-state index is 0. The molecule has 0 radical (unpaired) electrons. The zero-order valence-corrected chi connectivity index (χ0v) is 20.2. The van der Waals surface area contributed by atoms with E-state index in [1.54, 1.807) is 0 Å². The van der Waals surface area contributed by atoms with Gasteiger partial charge in [-0.3, -0.25) is 9.79 Å². The highest BCUT2D eigenvalue weighted by molar-refractivity contribution is 14.0. The fourth-order valence-corrected chi connectivity index (χ4v) is 3.37. The lowest BCUT2D eigenvalue weighted by Crippen LogP contribution is -2.45. The summed E-state index contributed by atoms with van der Waals surface area (Å²) < 4.78 is 0. The summed E-state index contributed by atoms with van der Waals surface area (Å²) in [6.07, 6.45) is 1.53. The summed E-state index contributed by atoms with van der Waals surface area (Å²) in [5, 5.41) is 6.85. The van der Waals surface area contributed by atoms with Crippen LogP contribution in [0, 0.1) is 6.92 Å². The van der Waals surface area contributed by atoms with Crippen LogP contribution in [0.1, 0.15) is 43.9 Å². The first-order valence-corrected chi connectivity index (χ1v) is 10.00. The molecule has 0 spiro atoms. The summed E-state index contributed by atoms with van der Waals surface area (Å²) in [5.41, 5.74) is 2.54. The van der Waals surface area contributed by atoms with Crippen molar-refractivity contribution in [2.45, 2.75) is 45.7 Å². The molecule has 1 heterocycles. The third-order valence-corrected chi connectivity index (χ3v) is 5.04. The van der Waals surface area contributed by atoms with Crippen molar-refractivity contribution in [2.24, 2.45) is 4.99 Å². The van der Waals surface area contributed by atoms with Gasteiger partial charge in [-0.05, 0) is 39.9 Å². The number of aliphatic imine (C=N–C) groups is 1. The van der Waals surface area contributed by atoms with E-state index in [-0.39, 0.29) is 42.0 Å². The number of amides is 1. The normalized spacial score (nSPS) is 18.0. The van der Waals surface area contributed by atoms with Crippen LogP contribution in [0.3, 0.4) is 0 Å². The van der Waals surface area contributed by atoms with Gasteiger partial charge in [-0.15, -0.1) is 24.0 Å². The Morgan fingerprint density at radius 2 is 1.96 bits per heavy atom. The molecule has 2 rings (SSSR count). The molecule has 1 amide bonds. The maximum Gasteiger partial charge on any atom is 0.222 e. The summed E-state index contributed by atoms with van der Waals surface area (Å²) in [7, 11) is 4.18. The van der Waals surface area contributed by atoms with E-state index in [9.17, 15) is 4.79 Å². The average molecular weight is 501 g/mol. The molecule has 0 saturated carbocycles. The molecule has 6 nitrogen and oxygen atoms in total. The van der Waals surface area contributed by atoms with Crippen LogP contribution in [0.2, 0.25) is 0 Å². The van der Waals surface area contributed by atoms with Crippen molar-refractivity contribution in [2.75, 3.05) is 40.3 Å². The molecule has 0 aliphatic carbocycles. The van der Waals surface area contributed by atoms with Crippen molar-refractivity contribution in [3.05, 3.63) is 35.4 Å². The second-order valence-corrected chi connectivity index (χ2v) is 7.43. The van der Waals surface area contributed by atoms with Gasteiger partial charge in [0, 0.05) is 32.1 Å². The number of hydrogen-bond donors (Lipinski definition) is 2. The Bertz CT molecular complexity index is 632. The molecule has 2 atom stereocenters. The predicted molar refractivity (Wildman–Crippen MR) is 127 cm³/mol. The number of likely N-dealkylation sites (tertiary alicyclic amines) is 1. The van der Waals surface area contributed by atoms with Gasteiger partial charge in [0.1, 0.15) is 0 Å². The zero-order valence-electron chi connectivity index (χ0n) is 17.9. The Hall–Kier alpha value is -1.35. The van der Waals surface area contributed by atoms with Crippen molar-refractivity contribution in [3.8, 4) is 0 Å². The van der Waals surface area contributed by atoms with Gasteiger partial charge in [0.15, 0.2) is 5.96 Å². The number of aryl methyl sites for hydroxylation is 1. The number of likely N-dealkylation sites (N-methyl/N-ethyl adjacent to an activating group) is 1. The van der Waals surface area contributed by atoms with Crippen LogP contribution in [0.25, 0.3) is 0 Å². The van der Waals surface area contributed by atoms with E-state index in [1.165, 1.54) is 11.1 Å². The SMILES string of the molecule is CCNC(=NCC(c1ccc(C)cc1)N(C)C)NC1CCN(C(=O)CC)C1.I. The Labute approximate surface area is 187 Å². The van der Waals surface area contributed by atoms with Crippen molar-refractivity contribution >= 4 is 35.8 Å². The number of benzene rings is 1. The first-order chi connectivity index (χ1) is 12.9. The molecule has 28 heavy (non-hydrogen) atoms. The van der Waals surface area contributed by atoms with E-state index >= 15 is 0 Å². The topological polar surface area (TPSA) is 60.0 Å². The van der Waals surface area contributed by atoms with Crippen molar-refractivity contribution < 1.29 is 4.79 Å². The molecule has 0 aromatic heterocycles. The highest BCUT2D eigenvalue weighted by Crippen LogP contribution is 2.19. The largest absolute Gasteiger partial charge is 0.357 e. The van der Waals surface area contributed by atoms with Crippen LogP contribution in [0.15, 0.2) is 29.3 Å². The molecular weight excluding hydrogens is 465 g/mol. The molecule has 158 valence electrons. The number of carbonyl (C=O) groups excluding carboxylic acids is 1. The highest BCUT2D eigenvalue weighted by Gasteiger charge is 2.26. The highest BCUT2D eigenvalue weighted by atomic mass is 127. The third-order valence-electron chi connectivity index (χ3n) is 5.04. The lowest BCUT2D eigenvalue weighted by molar-refractivity contribution is -0.129. The lowest BCUT2D eigenvalue weighted by Gasteiger charge is -2.24. The Morgan fingerprint density at radius 3 is 2.54 bits per heavy atom.